The first-order chi connectivity index (χ1) is 13.2. The number of likely N-dealkylation sites (N-methyl/N-ethyl adjacent to an activating group) is 1. The quantitative estimate of drug-likeness (QED) is 0.524. The van der Waals surface area contributed by atoms with Gasteiger partial charge in [0.25, 0.3) is 0 Å². The number of rotatable bonds is 2. The molecular formula is C22H18FN3O. The van der Waals surface area contributed by atoms with Crippen molar-refractivity contribution in [2.75, 3.05) is 13.6 Å². The van der Waals surface area contributed by atoms with Crippen molar-refractivity contribution >= 4 is 11.0 Å². The Kier molecular flexibility index (Phi) is 3.76. The third-order valence-electron chi connectivity index (χ3n) is 5.25. The molecule has 1 aliphatic heterocycles. The summed E-state index contributed by atoms with van der Waals surface area (Å²) in [5, 5.41) is 9.08. The first-order valence-electron chi connectivity index (χ1n) is 8.95. The molecule has 5 rings (SSSR count). The number of halogens is 1. The van der Waals surface area contributed by atoms with Crippen LogP contribution in [0.15, 0.2) is 65.4 Å². The molecule has 2 aromatic heterocycles. The molecule has 5 heteroatoms. The standard InChI is InChI=1S/C22H18FN3O/c1-26-12-17-10-16(20-3-2-7-24-25-20)11-19(23)22(17)18(13-26)14-4-5-21-15(9-14)6-8-27-21/h2-11,18H,12-13H2,1H3. The van der Waals surface area contributed by atoms with Crippen LogP contribution in [0, 0.1) is 5.82 Å². The summed E-state index contributed by atoms with van der Waals surface area (Å²) >= 11 is 0. The molecule has 3 heterocycles. The van der Waals surface area contributed by atoms with Crippen molar-refractivity contribution in [3.05, 3.63) is 83.5 Å². The SMILES string of the molecule is CN1Cc2cc(-c3cccnn3)cc(F)c2C(c2ccc3occc3c2)C1. The number of furan rings is 1. The van der Waals surface area contributed by atoms with Gasteiger partial charge in [-0.3, -0.25) is 0 Å². The summed E-state index contributed by atoms with van der Waals surface area (Å²) in [5.74, 6) is -0.201. The zero-order valence-corrected chi connectivity index (χ0v) is 14.9. The highest BCUT2D eigenvalue weighted by Crippen LogP contribution is 2.38. The summed E-state index contributed by atoms with van der Waals surface area (Å²) in [6.07, 6.45) is 3.30. The molecule has 4 aromatic rings. The van der Waals surface area contributed by atoms with E-state index in [1.807, 2.05) is 36.4 Å². The summed E-state index contributed by atoms with van der Waals surface area (Å²) in [6, 6.07) is 15.3. The van der Waals surface area contributed by atoms with Gasteiger partial charge in [0.1, 0.15) is 11.4 Å². The Bertz CT molecular complexity index is 1120. The van der Waals surface area contributed by atoms with Crippen LogP contribution in [0.25, 0.3) is 22.2 Å². The van der Waals surface area contributed by atoms with E-state index in [1.165, 1.54) is 0 Å². The van der Waals surface area contributed by atoms with Crippen molar-refractivity contribution < 1.29 is 8.81 Å². The fourth-order valence-corrected chi connectivity index (χ4v) is 4.03. The number of hydrogen-bond donors (Lipinski definition) is 0. The molecule has 0 aliphatic carbocycles. The Morgan fingerprint density at radius 3 is 2.93 bits per heavy atom. The van der Waals surface area contributed by atoms with Crippen LogP contribution in [0.3, 0.4) is 0 Å². The van der Waals surface area contributed by atoms with Crippen LogP contribution in [0.1, 0.15) is 22.6 Å². The lowest BCUT2D eigenvalue weighted by Gasteiger charge is -2.33. The van der Waals surface area contributed by atoms with Crippen molar-refractivity contribution in [2.24, 2.45) is 0 Å². The van der Waals surface area contributed by atoms with E-state index >= 15 is 4.39 Å². The molecule has 0 bridgehead atoms. The molecule has 2 aromatic carbocycles. The first-order valence-corrected chi connectivity index (χ1v) is 8.95. The van der Waals surface area contributed by atoms with Crippen LogP contribution in [-0.4, -0.2) is 28.7 Å². The van der Waals surface area contributed by atoms with E-state index in [-0.39, 0.29) is 11.7 Å². The lowest BCUT2D eigenvalue weighted by molar-refractivity contribution is 0.291. The molecule has 0 radical (unpaired) electrons. The van der Waals surface area contributed by atoms with E-state index in [2.05, 4.69) is 28.2 Å². The Labute approximate surface area is 156 Å². The maximum Gasteiger partial charge on any atom is 0.133 e. The van der Waals surface area contributed by atoms with Gasteiger partial charge in [0.15, 0.2) is 0 Å². The van der Waals surface area contributed by atoms with E-state index in [0.29, 0.717) is 12.2 Å². The maximum atomic E-state index is 15.2. The van der Waals surface area contributed by atoms with Crippen LogP contribution < -0.4 is 0 Å². The van der Waals surface area contributed by atoms with Gasteiger partial charge in [-0.1, -0.05) is 6.07 Å². The summed E-state index contributed by atoms with van der Waals surface area (Å²) in [7, 11) is 2.07. The Hall–Kier alpha value is -3.05. The van der Waals surface area contributed by atoms with Crippen molar-refractivity contribution in [1.29, 1.82) is 0 Å². The zero-order chi connectivity index (χ0) is 18.4. The monoisotopic (exact) mass is 359 g/mol. The molecule has 4 nitrogen and oxygen atoms in total. The highest BCUT2D eigenvalue weighted by atomic mass is 19.1. The van der Waals surface area contributed by atoms with Gasteiger partial charge in [-0.05, 0) is 60.6 Å². The van der Waals surface area contributed by atoms with E-state index < -0.39 is 0 Å². The summed E-state index contributed by atoms with van der Waals surface area (Å²) < 4.78 is 20.7. The third-order valence-corrected chi connectivity index (χ3v) is 5.25. The molecule has 0 fully saturated rings. The Morgan fingerprint density at radius 1 is 1.15 bits per heavy atom. The summed E-state index contributed by atoms with van der Waals surface area (Å²) in [5.41, 5.74) is 5.18. The Morgan fingerprint density at radius 2 is 2.07 bits per heavy atom. The number of nitrogens with zero attached hydrogens (tertiary/aromatic N) is 3. The predicted octanol–water partition coefficient (Wildman–Crippen LogP) is 4.61. The smallest absolute Gasteiger partial charge is 0.133 e. The highest BCUT2D eigenvalue weighted by Gasteiger charge is 2.29. The predicted molar refractivity (Wildman–Crippen MR) is 102 cm³/mol. The average molecular weight is 359 g/mol. The molecule has 0 N–H and O–H groups in total. The highest BCUT2D eigenvalue weighted by molar-refractivity contribution is 5.78. The van der Waals surface area contributed by atoms with Gasteiger partial charge >= 0.3 is 0 Å². The molecule has 0 amide bonds. The second-order valence-electron chi connectivity index (χ2n) is 7.11. The van der Waals surface area contributed by atoms with Gasteiger partial charge in [0, 0.05) is 41.7 Å². The fraction of sp³-hybridized carbons (Fsp3) is 0.182. The minimum atomic E-state index is -0.182. The van der Waals surface area contributed by atoms with E-state index in [1.54, 1.807) is 18.5 Å². The largest absolute Gasteiger partial charge is 0.464 e. The van der Waals surface area contributed by atoms with Crippen LogP contribution in [0.2, 0.25) is 0 Å². The topological polar surface area (TPSA) is 42.2 Å². The second-order valence-corrected chi connectivity index (χ2v) is 7.11. The van der Waals surface area contributed by atoms with Gasteiger partial charge in [-0.2, -0.15) is 10.2 Å². The zero-order valence-electron chi connectivity index (χ0n) is 14.9. The first kappa shape index (κ1) is 16.1. The summed E-state index contributed by atoms with van der Waals surface area (Å²) in [6.45, 7) is 1.49. The lowest BCUT2D eigenvalue weighted by Crippen LogP contribution is -2.31. The molecule has 27 heavy (non-hydrogen) atoms. The van der Waals surface area contributed by atoms with Gasteiger partial charge in [0.2, 0.25) is 0 Å². The second kappa shape index (κ2) is 6.28. The van der Waals surface area contributed by atoms with Crippen LogP contribution in [0.4, 0.5) is 4.39 Å². The van der Waals surface area contributed by atoms with Gasteiger partial charge in [0.05, 0.1) is 12.0 Å². The number of fused-ring (bicyclic) bond motifs is 2. The molecule has 1 aliphatic rings. The molecule has 0 saturated carbocycles. The Balaban J connectivity index is 1.64. The van der Waals surface area contributed by atoms with Crippen molar-refractivity contribution in [1.82, 2.24) is 15.1 Å². The minimum Gasteiger partial charge on any atom is -0.464 e. The number of aromatic nitrogens is 2. The van der Waals surface area contributed by atoms with Gasteiger partial charge in [-0.15, -0.1) is 0 Å². The molecule has 1 atom stereocenters. The van der Waals surface area contributed by atoms with E-state index in [9.17, 15) is 0 Å². The summed E-state index contributed by atoms with van der Waals surface area (Å²) in [4.78, 5) is 2.23. The fourth-order valence-electron chi connectivity index (χ4n) is 4.03. The molecule has 0 saturated heterocycles. The molecule has 1 unspecified atom stereocenters. The lowest BCUT2D eigenvalue weighted by atomic mass is 9.83. The van der Waals surface area contributed by atoms with Crippen molar-refractivity contribution in [2.45, 2.75) is 12.5 Å². The van der Waals surface area contributed by atoms with E-state index in [0.717, 1.165) is 39.8 Å². The van der Waals surface area contributed by atoms with Crippen LogP contribution >= 0.6 is 0 Å². The van der Waals surface area contributed by atoms with Crippen molar-refractivity contribution in [3.63, 3.8) is 0 Å². The normalized spacial score (nSPS) is 17.2. The third kappa shape index (κ3) is 2.80. The van der Waals surface area contributed by atoms with Gasteiger partial charge < -0.3 is 9.32 Å². The van der Waals surface area contributed by atoms with Crippen LogP contribution in [0.5, 0.6) is 0 Å². The molecule has 134 valence electrons. The number of hydrogen-bond acceptors (Lipinski definition) is 4. The number of benzene rings is 2. The van der Waals surface area contributed by atoms with Gasteiger partial charge in [-0.25, -0.2) is 4.39 Å². The van der Waals surface area contributed by atoms with E-state index in [4.69, 9.17) is 4.42 Å². The van der Waals surface area contributed by atoms with Crippen LogP contribution in [-0.2, 0) is 6.54 Å². The maximum absolute atomic E-state index is 15.2. The molecule has 0 spiro atoms. The van der Waals surface area contributed by atoms with Crippen molar-refractivity contribution in [3.8, 4) is 11.3 Å². The minimum absolute atomic E-state index is 0.0195. The molecular weight excluding hydrogens is 341 g/mol. The average Bonchev–Trinajstić information content (AvgIpc) is 3.15.